The molecule has 0 aliphatic heterocycles. The van der Waals surface area contributed by atoms with Gasteiger partial charge in [0.1, 0.15) is 5.56 Å². The molecule has 1 aromatic heterocycles. The number of nitrogens with zero attached hydrogens (tertiary/aromatic N) is 1. The fraction of sp³-hybridized carbons (Fsp3) is 0.259. The number of unbranched alkanes of at least 4 members (excludes halogenated alkanes) is 2. The number of carbonyl (C=O) groups is 1. The van der Waals surface area contributed by atoms with Gasteiger partial charge in [0.25, 0.3) is 5.91 Å². The smallest absolute Gasteiger partial charge is 0.257 e. The van der Waals surface area contributed by atoms with Gasteiger partial charge >= 0.3 is 0 Å². The first-order chi connectivity index (χ1) is 15.1. The van der Waals surface area contributed by atoms with Gasteiger partial charge in [0.15, 0.2) is 0 Å². The summed E-state index contributed by atoms with van der Waals surface area (Å²) in [5.74, 6) is -0.333. The number of aromatic nitrogens is 1. The predicted octanol–water partition coefficient (Wildman–Crippen LogP) is 5.84. The van der Waals surface area contributed by atoms with Gasteiger partial charge in [0.2, 0.25) is 5.43 Å². The van der Waals surface area contributed by atoms with Crippen LogP contribution >= 0.6 is 0 Å². The number of nitrogens with one attached hydrogen (secondary N) is 1. The lowest BCUT2D eigenvalue weighted by Gasteiger charge is -2.18. The van der Waals surface area contributed by atoms with E-state index in [1.54, 1.807) is 12.3 Å². The van der Waals surface area contributed by atoms with Crippen LogP contribution in [0.1, 0.15) is 55.1 Å². The number of hydrogen-bond acceptors (Lipinski definition) is 2. The molecule has 1 heterocycles. The van der Waals surface area contributed by atoms with Gasteiger partial charge in [-0.25, -0.2) is 0 Å². The van der Waals surface area contributed by atoms with E-state index in [1.165, 1.54) is 0 Å². The van der Waals surface area contributed by atoms with Crippen molar-refractivity contribution in [3.05, 3.63) is 94.3 Å². The molecule has 0 saturated heterocycles. The van der Waals surface area contributed by atoms with E-state index < -0.39 is 0 Å². The lowest BCUT2D eigenvalue weighted by atomic mass is 9.99. The highest BCUT2D eigenvalue weighted by atomic mass is 16.2. The SMILES string of the molecule is CCCCCn1cc(C(=O)N[C@H](C)c2cccc3ccccc23)c(=O)c2ccccc21. The minimum Gasteiger partial charge on any atom is -0.346 e. The van der Waals surface area contributed by atoms with E-state index in [-0.39, 0.29) is 22.9 Å². The zero-order valence-corrected chi connectivity index (χ0v) is 18.1. The molecular weight excluding hydrogens is 384 g/mol. The van der Waals surface area contributed by atoms with Crippen LogP contribution in [0, 0.1) is 0 Å². The summed E-state index contributed by atoms with van der Waals surface area (Å²) in [6.07, 6.45) is 4.97. The molecule has 0 saturated carbocycles. The molecule has 0 radical (unpaired) electrons. The van der Waals surface area contributed by atoms with Gasteiger partial charge in [-0.1, -0.05) is 74.4 Å². The molecule has 3 aromatic carbocycles. The average Bonchev–Trinajstić information content (AvgIpc) is 2.80. The molecule has 0 bridgehead atoms. The number of fused-ring (bicyclic) bond motifs is 2. The molecule has 1 amide bonds. The summed E-state index contributed by atoms with van der Waals surface area (Å²) < 4.78 is 2.05. The predicted molar refractivity (Wildman–Crippen MR) is 128 cm³/mol. The maximum atomic E-state index is 13.2. The Balaban J connectivity index is 1.68. The van der Waals surface area contributed by atoms with Crippen molar-refractivity contribution in [1.29, 1.82) is 0 Å². The number of carbonyl (C=O) groups excluding carboxylic acids is 1. The van der Waals surface area contributed by atoms with E-state index >= 15 is 0 Å². The third-order valence-corrected chi connectivity index (χ3v) is 5.87. The Bertz CT molecular complexity index is 1280. The summed E-state index contributed by atoms with van der Waals surface area (Å²) in [6.45, 7) is 4.91. The van der Waals surface area contributed by atoms with Crippen LogP contribution < -0.4 is 10.7 Å². The van der Waals surface area contributed by atoms with Gasteiger partial charge < -0.3 is 9.88 Å². The molecule has 0 unspecified atom stereocenters. The van der Waals surface area contributed by atoms with E-state index in [0.29, 0.717) is 5.39 Å². The third-order valence-electron chi connectivity index (χ3n) is 5.87. The molecule has 4 heteroatoms. The Morgan fingerprint density at radius 1 is 0.935 bits per heavy atom. The highest BCUT2D eigenvalue weighted by molar-refractivity contribution is 5.98. The fourth-order valence-electron chi connectivity index (χ4n) is 4.20. The van der Waals surface area contributed by atoms with E-state index in [1.807, 2.05) is 54.0 Å². The second-order valence-electron chi connectivity index (χ2n) is 8.05. The third kappa shape index (κ3) is 4.24. The minimum absolute atomic E-state index is 0.197. The van der Waals surface area contributed by atoms with Gasteiger partial charge in [-0.2, -0.15) is 0 Å². The Labute approximate surface area is 182 Å². The highest BCUT2D eigenvalue weighted by Gasteiger charge is 2.18. The molecule has 0 fully saturated rings. The standard InChI is InChI=1S/C27H28N2O2/c1-3-4-9-17-29-18-24(26(30)23-14-7-8-16-25(23)29)27(31)28-19(2)21-15-10-12-20-11-5-6-13-22(20)21/h5-8,10-16,18-19H,3-4,9,17H2,1-2H3,(H,28,31)/t19-/m1/s1. The second kappa shape index (κ2) is 9.17. The number of aryl methyl sites for hydroxylation is 1. The Morgan fingerprint density at radius 3 is 2.45 bits per heavy atom. The van der Waals surface area contributed by atoms with Gasteiger partial charge in [-0.3, -0.25) is 9.59 Å². The first-order valence-corrected chi connectivity index (χ1v) is 11.0. The average molecular weight is 413 g/mol. The van der Waals surface area contributed by atoms with Crippen LogP contribution in [0.25, 0.3) is 21.7 Å². The molecule has 0 aliphatic carbocycles. The van der Waals surface area contributed by atoms with Crippen molar-refractivity contribution in [2.45, 2.75) is 45.7 Å². The lowest BCUT2D eigenvalue weighted by molar-refractivity contribution is 0.0938. The topological polar surface area (TPSA) is 51.1 Å². The summed E-state index contributed by atoms with van der Waals surface area (Å²) in [6, 6.07) is 21.5. The van der Waals surface area contributed by atoms with Gasteiger partial charge in [-0.05, 0) is 41.8 Å². The van der Waals surface area contributed by atoms with Crippen molar-refractivity contribution in [2.75, 3.05) is 0 Å². The van der Waals surface area contributed by atoms with Crippen molar-refractivity contribution < 1.29 is 4.79 Å². The van der Waals surface area contributed by atoms with Gasteiger partial charge in [0.05, 0.1) is 11.6 Å². The quantitative estimate of drug-likeness (QED) is 0.388. The molecule has 4 rings (SSSR count). The molecule has 158 valence electrons. The molecule has 1 N–H and O–H groups in total. The number of rotatable bonds is 7. The number of pyridine rings is 1. The molecular formula is C27H28N2O2. The van der Waals surface area contributed by atoms with Crippen LogP contribution in [0.15, 0.2) is 77.7 Å². The Kier molecular flexibility index (Phi) is 6.17. The van der Waals surface area contributed by atoms with Gasteiger partial charge in [-0.15, -0.1) is 0 Å². The summed E-state index contributed by atoms with van der Waals surface area (Å²) in [7, 11) is 0. The number of para-hydroxylation sites is 1. The van der Waals surface area contributed by atoms with Crippen molar-refractivity contribution in [2.24, 2.45) is 0 Å². The minimum atomic E-state index is -0.333. The molecule has 4 nitrogen and oxygen atoms in total. The summed E-state index contributed by atoms with van der Waals surface area (Å²) >= 11 is 0. The van der Waals surface area contributed by atoms with Crippen molar-refractivity contribution in [3.63, 3.8) is 0 Å². The number of benzene rings is 3. The van der Waals surface area contributed by atoms with E-state index in [4.69, 9.17) is 0 Å². The molecule has 0 aliphatic rings. The largest absolute Gasteiger partial charge is 0.346 e. The monoisotopic (exact) mass is 412 g/mol. The summed E-state index contributed by atoms with van der Waals surface area (Å²) in [5.41, 5.74) is 1.89. The summed E-state index contributed by atoms with van der Waals surface area (Å²) in [5, 5.41) is 5.87. The maximum Gasteiger partial charge on any atom is 0.257 e. The Morgan fingerprint density at radius 2 is 1.65 bits per heavy atom. The normalized spacial score (nSPS) is 12.2. The van der Waals surface area contributed by atoms with Crippen LogP contribution in [0.3, 0.4) is 0 Å². The van der Waals surface area contributed by atoms with Crippen LogP contribution in [0.5, 0.6) is 0 Å². The van der Waals surface area contributed by atoms with E-state index in [2.05, 4.69) is 30.4 Å². The lowest BCUT2D eigenvalue weighted by Crippen LogP contribution is -2.32. The first-order valence-electron chi connectivity index (χ1n) is 11.0. The Hall–Kier alpha value is -3.40. The van der Waals surface area contributed by atoms with Crippen LogP contribution in [-0.2, 0) is 6.54 Å². The zero-order valence-electron chi connectivity index (χ0n) is 18.1. The number of amides is 1. The van der Waals surface area contributed by atoms with Gasteiger partial charge in [0, 0.05) is 18.1 Å². The van der Waals surface area contributed by atoms with Crippen molar-refractivity contribution >= 4 is 27.6 Å². The fourth-order valence-corrected chi connectivity index (χ4v) is 4.20. The highest BCUT2D eigenvalue weighted by Crippen LogP contribution is 2.24. The van der Waals surface area contributed by atoms with Crippen molar-refractivity contribution in [1.82, 2.24) is 9.88 Å². The van der Waals surface area contributed by atoms with E-state index in [0.717, 1.165) is 47.7 Å². The molecule has 0 spiro atoms. The van der Waals surface area contributed by atoms with Crippen LogP contribution in [0.2, 0.25) is 0 Å². The molecule has 4 aromatic rings. The van der Waals surface area contributed by atoms with Crippen LogP contribution in [0.4, 0.5) is 0 Å². The maximum absolute atomic E-state index is 13.2. The molecule has 1 atom stereocenters. The molecule has 31 heavy (non-hydrogen) atoms. The zero-order chi connectivity index (χ0) is 21.8. The van der Waals surface area contributed by atoms with Crippen molar-refractivity contribution in [3.8, 4) is 0 Å². The number of hydrogen-bond donors (Lipinski definition) is 1. The second-order valence-corrected chi connectivity index (χ2v) is 8.05. The first kappa shape index (κ1) is 20.9. The van der Waals surface area contributed by atoms with Crippen LogP contribution in [-0.4, -0.2) is 10.5 Å². The van der Waals surface area contributed by atoms with E-state index in [9.17, 15) is 9.59 Å². The summed E-state index contributed by atoms with van der Waals surface area (Å²) in [4.78, 5) is 26.3.